The Kier molecular flexibility index (Phi) is 11.1. The van der Waals surface area contributed by atoms with Gasteiger partial charge in [-0.1, -0.05) is 96.3 Å². The van der Waals surface area contributed by atoms with E-state index >= 15 is 0 Å². The minimum absolute atomic E-state index is 0.916. The van der Waals surface area contributed by atoms with Crippen LogP contribution in [0, 0.1) is 71.0 Å². The second-order valence-electron chi connectivity index (χ2n) is 22.4. The molecular weight excluding hydrogens is 679 g/mol. The third-order valence-electron chi connectivity index (χ3n) is 20.4. The Balaban J connectivity index is 0.875. The fourth-order valence-corrected chi connectivity index (χ4v) is 23.0. The van der Waals surface area contributed by atoms with Gasteiger partial charge in [-0.25, -0.2) is 0 Å². The molecule has 14 atom stereocenters. The summed E-state index contributed by atoms with van der Waals surface area (Å²) in [6.07, 6.45) is 48.8. The van der Waals surface area contributed by atoms with Gasteiger partial charge in [0.2, 0.25) is 0 Å². The molecule has 2 aliphatic heterocycles. The van der Waals surface area contributed by atoms with Gasteiger partial charge in [0, 0.05) is 39.1 Å². The zero-order valence-corrected chi connectivity index (χ0v) is 35.8. The van der Waals surface area contributed by atoms with E-state index in [0.29, 0.717) is 0 Å². The molecule has 53 heavy (non-hydrogen) atoms. The molecule has 0 aromatic carbocycles. The van der Waals surface area contributed by atoms with Crippen LogP contribution in [-0.2, 0) is 0 Å². The van der Waals surface area contributed by atoms with Crippen molar-refractivity contribution in [2.45, 2.75) is 238 Å². The van der Waals surface area contributed by atoms with Crippen LogP contribution in [0.25, 0.3) is 0 Å². The number of nitrogens with zero attached hydrogens (tertiary/aromatic N) is 1. The Bertz CT molecular complexity index is 1210. The number of hydrogen-bond acceptors (Lipinski definition) is 3. The zero-order chi connectivity index (χ0) is 34.9. The molecule has 0 bridgehead atoms. The molecular formula is C50H81NS2. The van der Waals surface area contributed by atoms with Crippen LogP contribution in [0.4, 0.5) is 0 Å². The van der Waals surface area contributed by atoms with Crippen molar-refractivity contribution in [2.75, 3.05) is 0 Å². The van der Waals surface area contributed by atoms with E-state index in [1.807, 2.05) is 0 Å². The predicted octanol–water partition coefficient (Wildman–Crippen LogP) is 14.0. The Morgan fingerprint density at radius 1 is 0.302 bits per heavy atom. The number of thioether (sulfide) groups is 2. The lowest BCUT2D eigenvalue weighted by molar-refractivity contribution is -0.0490. The second-order valence-corrected chi connectivity index (χ2v) is 25.3. The van der Waals surface area contributed by atoms with Crippen LogP contribution in [0.15, 0.2) is 0 Å². The molecule has 298 valence electrons. The lowest BCUT2D eigenvalue weighted by Gasteiger charge is -2.56. The molecule has 0 spiro atoms. The van der Waals surface area contributed by atoms with Crippen molar-refractivity contribution < 1.29 is 0 Å². The summed E-state index contributed by atoms with van der Waals surface area (Å²) < 4.78 is 0. The molecule has 11 aliphatic rings. The molecule has 3 heteroatoms. The van der Waals surface area contributed by atoms with Crippen LogP contribution < -0.4 is 0 Å². The normalized spacial score (nSPS) is 53.2. The second kappa shape index (κ2) is 16.0. The standard InChI is InChI=1S/C50H81NS2/c1-2-11-32(12-3-1)33-21-25-37(26-22-33)51(38-27-23-35(24-28-38)40-19-10-15-34-13-4-6-16-39(34)40)44-31-36-14-5-7-17-41(36)47-43-29-30-46-48(49(43)53-50(44)47)42-18-8-9-20-45(42)52-46/h32-50H,1-31H2. The summed E-state index contributed by atoms with van der Waals surface area (Å²) in [5, 5.41) is 4.08. The first-order chi connectivity index (χ1) is 26.3. The van der Waals surface area contributed by atoms with E-state index in [1.54, 1.807) is 173 Å². The number of fused-ring (bicyclic) bond motifs is 10. The average Bonchev–Trinajstić information content (AvgIpc) is 3.81. The lowest BCUT2D eigenvalue weighted by atomic mass is 9.56. The highest BCUT2D eigenvalue weighted by molar-refractivity contribution is 8.02. The molecule has 2 heterocycles. The van der Waals surface area contributed by atoms with Crippen LogP contribution in [0.2, 0.25) is 0 Å². The molecule has 0 N–H and O–H groups in total. The first-order valence-corrected chi connectivity index (χ1v) is 27.3. The summed E-state index contributed by atoms with van der Waals surface area (Å²) in [4.78, 5) is 3.52. The zero-order valence-electron chi connectivity index (χ0n) is 34.2. The van der Waals surface area contributed by atoms with Crippen LogP contribution in [-0.4, -0.2) is 44.0 Å². The molecule has 14 unspecified atom stereocenters. The molecule has 1 nitrogen and oxygen atoms in total. The fourth-order valence-electron chi connectivity index (χ4n) is 18.4. The Morgan fingerprint density at radius 3 is 1.62 bits per heavy atom. The molecule has 11 rings (SSSR count). The van der Waals surface area contributed by atoms with Gasteiger partial charge < -0.3 is 0 Å². The van der Waals surface area contributed by atoms with Crippen LogP contribution >= 0.6 is 23.5 Å². The van der Waals surface area contributed by atoms with Gasteiger partial charge in [0.05, 0.1) is 0 Å². The predicted molar refractivity (Wildman–Crippen MR) is 229 cm³/mol. The molecule has 0 aromatic rings. The largest absolute Gasteiger partial charge is 0.293 e. The van der Waals surface area contributed by atoms with Crippen molar-refractivity contribution >= 4 is 23.5 Å². The van der Waals surface area contributed by atoms with E-state index in [2.05, 4.69) is 28.4 Å². The Morgan fingerprint density at radius 2 is 0.849 bits per heavy atom. The monoisotopic (exact) mass is 760 g/mol. The van der Waals surface area contributed by atoms with Gasteiger partial charge >= 0.3 is 0 Å². The first-order valence-electron chi connectivity index (χ1n) is 25.4. The van der Waals surface area contributed by atoms with Crippen LogP contribution in [0.5, 0.6) is 0 Å². The number of rotatable bonds is 5. The number of hydrogen-bond donors (Lipinski definition) is 0. The van der Waals surface area contributed by atoms with Gasteiger partial charge in [-0.15, -0.1) is 0 Å². The molecule has 0 radical (unpaired) electrons. The van der Waals surface area contributed by atoms with Crippen molar-refractivity contribution in [2.24, 2.45) is 71.0 Å². The van der Waals surface area contributed by atoms with Gasteiger partial charge in [0.25, 0.3) is 0 Å². The Hall–Kier alpha value is 0.660. The van der Waals surface area contributed by atoms with Crippen LogP contribution in [0.1, 0.15) is 199 Å². The van der Waals surface area contributed by atoms with Gasteiger partial charge in [0.1, 0.15) is 0 Å². The first kappa shape index (κ1) is 36.7. The quantitative estimate of drug-likeness (QED) is 0.275. The van der Waals surface area contributed by atoms with Crippen LogP contribution in [0.3, 0.4) is 0 Å². The minimum atomic E-state index is 0.916. The average molecular weight is 760 g/mol. The molecule has 11 fully saturated rings. The maximum atomic E-state index is 3.52. The molecule has 9 saturated carbocycles. The van der Waals surface area contributed by atoms with E-state index < -0.39 is 0 Å². The summed E-state index contributed by atoms with van der Waals surface area (Å²) in [6.45, 7) is 0. The molecule has 0 amide bonds. The summed E-state index contributed by atoms with van der Waals surface area (Å²) in [6, 6.07) is 2.75. The molecule has 9 aliphatic carbocycles. The summed E-state index contributed by atoms with van der Waals surface area (Å²) >= 11 is 5.28. The van der Waals surface area contributed by atoms with E-state index in [4.69, 9.17) is 0 Å². The van der Waals surface area contributed by atoms with Crippen molar-refractivity contribution in [1.82, 2.24) is 4.90 Å². The van der Waals surface area contributed by atoms with Gasteiger partial charge in [-0.3, -0.25) is 4.90 Å². The SMILES string of the molecule is C1CCC(C2CCC(N(C3CCC(C4CCCC5CCCCC54)CC3)C3CC4CCCCC4C4C5CCC6SC7CCCCC7C6C5SC43)CC2)CC1. The van der Waals surface area contributed by atoms with E-state index in [-0.39, 0.29) is 0 Å². The topological polar surface area (TPSA) is 3.24 Å². The summed E-state index contributed by atoms with van der Waals surface area (Å²) in [7, 11) is 0. The molecule has 0 aromatic heterocycles. The Labute approximate surface area is 336 Å². The fraction of sp³-hybridized carbons (Fsp3) is 1.00. The highest BCUT2D eigenvalue weighted by atomic mass is 32.2. The summed E-state index contributed by atoms with van der Waals surface area (Å²) in [5.74, 6) is 13.0. The maximum Gasteiger partial charge on any atom is 0.0240 e. The van der Waals surface area contributed by atoms with Gasteiger partial charge in [-0.05, 0) is 174 Å². The van der Waals surface area contributed by atoms with Crippen molar-refractivity contribution in [3.05, 3.63) is 0 Å². The van der Waals surface area contributed by atoms with E-state index in [1.165, 1.54) is 25.7 Å². The highest BCUT2D eigenvalue weighted by Crippen LogP contribution is 2.67. The highest BCUT2D eigenvalue weighted by Gasteiger charge is 2.63. The van der Waals surface area contributed by atoms with Gasteiger partial charge in [0.15, 0.2) is 0 Å². The van der Waals surface area contributed by atoms with E-state index in [0.717, 1.165) is 110 Å². The van der Waals surface area contributed by atoms with Crippen molar-refractivity contribution in [3.63, 3.8) is 0 Å². The maximum absolute atomic E-state index is 3.52. The smallest absolute Gasteiger partial charge is 0.0240 e. The van der Waals surface area contributed by atoms with E-state index in [9.17, 15) is 0 Å². The molecule has 2 saturated heterocycles. The third-order valence-corrected chi connectivity index (χ3v) is 24.2. The van der Waals surface area contributed by atoms with Crippen molar-refractivity contribution in [1.29, 1.82) is 0 Å². The third kappa shape index (κ3) is 6.83. The van der Waals surface area contributed by atoms with Crippen molar-refractivity contribution in [3.8, 4) is 0 Å². The minimum Gasteiger partial charge on any atom is -0.293 e. The summed E-state index contributed by atoms with van der Waals surface area (Å²) in [5.41, 5.74) is 0. The van der Waals surface area contributed by atoms with Gasteiger partial charge in [-0.2, -0.15) is 23.5 Å². The lowest BCUT2D eigenvalue weighted by Crippen LogP contribution is -2.60.